The maximum Gasteiger partial charge on any atom is 0.419 e. The van der Waals surface area contributed by atoms with Crippen LogP contribution < -0.4 is 10.2 Å². The van der Waals surface area contributed by atoms with Crippen LogP contribution in [-0.4, -0.2) is 82.3 Å². The number of halogens is 3. The minimum absolute atomic E-state index is 0.162. The minimum Gasteiger partial charge on any atom is -0.465 e. The highest BCUT2D eigenvalue weighted by molar-refractivity contribution is 5.75. The van der Waals surface area contributed by atoms with Crippen LogP contribution in [0.5, 0.6) is 0 Å². The Morgan fingerprint density at radius 3 is 2.29 bits per heavy atom. The molecule has 2 fully saturated rings. The van der Waals surface area contributed by atoms with Gasteiger partial charge in [-0.05, 0) is 12.8 Å². The number of carbonyl (C=O) groups is 2. The Bertz CT molecular complexity index is 707. The van der Waals surface area contributed by atoms with Gasteiger partial charge < -0.3 is 25.1 Å². The van der Waals surface area contributed by atoms with Gasteiger partial charge in [0.2, 0.25) is 5.95 Å². The van der Waals surface area contributed by atoms with Crippen molar-refractivity contribution < 1.29 is 27.9 Å². The standard InChI is InChI=1S/C16H21F3N6O3/c17-16(18,19)11-8-20-13(21-9-11)23-4-6-24(7-5-23)15(28)25-3-1-2-12(10-25)22-14(26)27/h8-9,12,22H,1-7,10H2,(H,26,27)/t12-/m1/s1. The summed E-state index contributed by atoms with van der Waals surface area (Å²) >= 11 is 0. The number of rotatable bonds is 2. The Balaban J connectivity index is 1.53. The van der Waals surface area contributed by atoms with Gasteiger partial charge in [-0.15, -0.1) is 0 Å². The number of hydrogen-bond acceptors (Lipinski definition) is 5. The highest BCUT2D eigenvalue weighted by Gasteiger charge is 2.33. The van der Waals surface area contributed by atoms with Crippen molar-refractivity contribution in [1.29, 1.82) is 0 Å². The molecule has 2 aliphatic heterocycles. The third kappa shape index (κ3) is 4.73. The fourth-order valence-corrected chi connectivity index (χ4v) is 3.37. The lowest BCUT2D eigenvalue weighted by Gasteiger charge is -2.40. The first kappa shape index (κ1) is 20.0. The van der Waals surface area contributed by atoms with Gasteiger partial charge in [-0.2, -0.15) is 13.2 Å². The van der Waals surface area contributed by atoms with Crippen molar-refractivity contribution in [2.24, 2.45) is 0 Å². The van der Waals surface area contributed by atoms with Gasteiger partial charge >= 0.3 is 18.3 Å². The van der Waals surface area contributed by atoms with Gasteiger partial charge in [0, 0.05) is 57.7 Å². The van der Waals surface area contributed by atoms with E-state index in [-0.39, 0.29) is 18.0 Å². The molecule has 0 radical (unpaired) electrons. The van der Waals surface area contributed by atoms with Crippen molar-refractivity contribution in [1.82, 2.24) is 25.1 Å². The molecule has 12 heteroatoms. The zero-order valence-corrected chi connectivity index (χ0v) is 15.0. The summed E-state index contributed by atoms with van der Waals surface area (Å²) in [4.78, 5) is 36.1. The summed E-state index contributed by atoms with van der Waals surface area (Å²) in [6, 6.07) is -0.443. The lowest BCUT2D eigenvalue weighted by atomic mass is 10.1. The predicted octanol–water partition coefficient (Wildman–Crippen LogP) is 1.47. The van der Waals surface area contributed by atoms with Gasteiger partial charge in [0.1, 0.15) is 0 Å². The summed E-state index contributed by atoms with van der Waals surface area (Å²) in [7, 11) is 0. The number of anilines is 1. The molecular weight excluding hydrogens is 381 g/mol. The number of piperidine rings is 1. The molecule has 0 bridgehead atoms. The van der Waals surface area contributed by atoms with Crippen LogP contribution in [-0.2, 0) is 6.18 Å². The van der Waals surface area contributed by atoms with E-state index in [9.17, 15) is 22.8 Å². The molecule has 28 heavy (non-hydrogen) atoms. The molecule has 2 N–H and O–H groups in total. The number of piperazine rings is 1. The second-order valence-corrected chi connectivity index (χ2v) is 6.76. The molecule has 1 aromatic heterocycles. The Kier molecular flexibility index (Phi) is 5.75. The quantitative estimate of drug-likeness (QED) is 0.777. The maximum atomic E-state index is 12.7. The monoisotopic (exact) mass is 402 g/mol. The van der Waals surface area contributed by atoms with E-state index in [1.54, 1.807) is 14.7 Å². The summed E-state index contributed by atoms with van der Waals surface area (Å²) < 4.78 is 37.8. The number of urea groups is 1. The second kappa shape index (κ2) is 8.07. The van der Waals surface area contributed by atoms with E-state index in [2.05, 4.69) is 15.3 Å². The molecule has 1 atom stereocenters. The first-order valence-corrected chi connectivity index (χ1v) is 8.91. The van der Waals surface area contributed by atoms with Crippen molar-refractivity contribution in [2.75, 3.05) is 44.2 Å². The number of amides is 3. The number of nitrogens with zero attached hydrogens (tertiary/aromatic N) is 5. The van der Waals surface area contributed by atoms with Crippen LogP contribution in [0.2, 0.25) is 0 Å². The SMILES string of the molecule is O=C(O)N[C@@H]1CCCN(C(=O)N2CCN(c3ncc(C(F)(F)F)cn3)CC2)C1. The lowest BCUT2D eigenvalue weighted by molar-refractivity contribution is -0.138. The Morgan fingerprint density at radius 1 is 1.07 bits per heavy atom. The van der Waals surface area contributed by atoms with E-state index in [0.717, 1.165) is 18.8 Å². The van der Waals surface area contributed by atoms with E-state index in [4.69, 9.17) is 5.11 Å². The highest BCUT2D eigenvalue weighted by atomic mass is 19.4. The van der Waals surface area contributed by atoms with Crippen molar-refractivity contribution in [2.45, 2.75) is 25.1 Å². The van der Waals surface area contributed by atoms with Crippen molar-refractivity contribution in [3.63, 3.8) is 0 Å². The van der Waals surface area contributed by atoms with Crippen LogP contribution in [0.4, 0.5) is 28.7 Å². The molecule has 3 rings (SSSR count). The smallest absolute Gasteiger partial charge is 0.419 e. The molecule has 2 saturated heterocycles. The van der Waals surface area contributed by atoms with Gasteiger partial charge in [-0.3, -0.25) is 0 Å². The van der Waals surface area contributed by atoms with E-state index < -0.39 is 17.8 Å². The zero-order chi connectivity index (χ0) is 20.3. The number of nitrogens with one attached hydrogen (secondary N) is 1. The molecule has 0 aromatic carbocycles. The van der Waals surface area contributed by atoms with Gasteiger partial charge in [0.05, 0.1) is 5.56 Å². The number of likely N-dealkylation sites (tertiary alicyclic amines) is 1. The fourth-order valence-electron chi connectivity index (χ4n) is 3.37. The molecule has 3 heterocycles. The molecule has 2 aliphatic rings. The Morgan fingerprint density at radius 2 is 1.71 bits per heavy atom. The maximum absolute atomic E-state index is 12.7. The number of carbonyl (C=O) groups excluding carboxylic acids is 1. The summed E-state index contributed by atoms with van der Waals surface area (Å²) in [6.45, 7) is 2.48. The first-order valence-electron chi connectivity index (χ1n) is 8.91. The zero-order valence-electron chi connectivity index (χ0n) is 15.0. The average molecular weight is 402 g/mol. The third-order valence-electron chi connectivity index (χ3n) is 4.82. The van der Waals surface area contributed by atoms with Crippen LogP contribution >= 0.6 is 0 Å². The molecule has 154 valence electrons. The van der Waals surface area contributed by atoms with E-state index in [1.165, 1.54) is 0 Å². The van der Waals surface area contributed by atoms with Gasteiger partial charge in [-0.1, -0.05) is 0 Å². The summed E-state index contributed by atoms with van der Waals surface area (Å²) in [5.41, 5.74) is -0.903. The molecule has 0 unspecified atom stereocenters. The van der Waals surface area contributed by atoms with Crippen LogP contribution in [0.1, 0.15) is 18.4 Å². The molecule has 0 aliphatic carbocycles. The number of aromatic nitrogens is 2. The third-order valence-corrected chi connectivity index (χ3v) is 4.82. The lowest BCUT2D eigenvalue weighted by Crippen LogP contribution is -2.57. The molecule has 9 nitrogen and oxygen atoms in total. The normalized spacial score (nSPS) is 20.8. The number of carboxylic acid groups (broad SMARTS) is 1. The van der Waals surface area contributed by atoms with Gasteiger partial charge in [0.25, 0.3) is 0 Å². The Hall–Kier alpha value is -2.79. The molecule has 1 aromatic rings. The van der Waals surface area contributed by atoms with E-state index >= 15 is 0 Å². The summed E-state index contributed by atoms with van der Waals surface area (Å²) in [5.74, 6) is 0.198. The average Bonchev–Trinajstić information content (AvgIpc) is 2.67. The van der Waals surface area contributed by atoms with Crippen molar-refractivity contribution >= 4 is 18.1 Å². The minimum atomic E-state index is -4.48. The largest absolute Gasteiger partial charge is 0.465 e. The molecule has 3 amide bonds. The van der Waals surface area contributed by atoms with Gasteiger partial charge in [-0.25, -0.2) is 19.6 Å². The number of hydrogen-bond donors (Lipinski definition) is 2. The van der Waals surface area contributed by atoms with E-state index in [1.807, 2.05) is 0 Å². The topological polar surface area (TPSA) is 102 Å². The molecule has 0 saturated carbocycles. The molecule has 0 spiro atoms. The predicted molar refractivity (Wildman–Crippen MR) is 92.0 cm³/mol. The molecular formula is C16H21F3N6O3. The summed E-state index contributed by atoms with van der Waals surface area (Å²) in [5, 5.41) is 11.2. The fraction of sp³-hybridized carbons (Fsp3) is 0.625. The van der Waals surface area contributed by atoms with Gasteiger partial charge in [0.15, 0.2) is 0 Å². The Labute approximate surface area is 159 Å². The van der Waals surface area contributed by atoms with Crippen LogP contribution in [0.25, 0.3) is 0 Å². The summed E-state index contributed by atoms with van der Waals surface area (Å²) in [6.07, 6.45) is -2.67. The number of alkyl halides is 3. The highest BCUT2D eigenvalue weighted by Crippen LogP contribution is 2.28. The van der Waals surface area contributed by atoms with E-state index in [0.29, 0.717) is 45.7 Å². The van der Waals surface area contributed by atoms with Crippen molar-refractivity contribution in [3.8, 4) is 0 Å². The van der Waals surface area contributed by atoms with Crippen molar-refractivity contribution in [3.05, 3.63) is 18.0 Å². The first-order chi connectivity index (χ1) is 13.2. The van der Waals surface area contributed by atoms with Crippen LogP contribution in [0.3, 0.4) is 0 Å². The second-order valence-electron chi connectivity index (χ2n) is 6.76. The van der Waals surface area contributed by atoms with Crippen LogP contribution in [0, 0.1) is 0 Å². The van der Waals surface area contributed by atoms with Crippen LogP contribution in [0.15, 0.2) is 12.4 Å².